The van der Waals surface area contributed by atoms with Gasteiger partial charge in [0, 0.05) is 12.3 Å². The predicted octanol–water partition coefficient (Wildman–Crippen LogP) is 1.77. The van der Waals surface area contributed by atoms with Gasteiger partial charge in [-0.15, -0.1) is 0 Å². The molecule has 1 heterocycles. The highest BCUT2D eigenvalue weighted by Gasteiger charge is 2.26. The third kappa shape index (κ3) is 1.71. The van der Waals surface area contributed by atoms with Crippen LogP contribution in [-0.4, -0.2) is 18.2 Å². The van der Waals surface area contributed by atoms with Crippen LogP contribution in [0.25, 0.3) is 0 Å². The molecule has 13 heavy (non-hydrogen) atoms. The van der Waals surface area contributed by atoms with Crippen LogP contribution in [0.3, 0.4) is 0 Å². The minimum atomic E-state index is -0.605. The number of methoxy groups -OCH3 is 1. The highest BCUT2D eigenvalue weighted by atomic mass is 19.1. The van der Waals surface area contributed by atoms with Crippen LogP contribution >= 0.6 is 0 Å². The van der Waals surface area contributed by atoms with Crippen LogP contribution in [0.5, 0.6) is 11.5 Å². The molecule has 0 saturated heterocycles. The van der Waals surface area contributed by atoms with Gasteiger partial charge in [0.15, 0.2) is 5.75 Å². The molecule has 1 aliphatic rings. The Morgan fingerprint density at radius 3 is 2.92 bits per heavy atom. The smallest absolute Gasteiger partial charge is 0.259 e. The molecule has 0 bridgehead atoms. The van der Waals surface area contributed by atoms with Crippen molar-refractivity contribution in [3.63, 3.8) is 0 Å². The standard InChI is InChI=1S/C9H10FNO2/c1-12-7-4-5-11-9(10)8(7)13-6-2-3-6/h4-6H,2-3H2,1H3. The number of ether oxygens (including phenoxy) is 2. The molecule has 1 fully saturated rings. The van der Waals surface area contributed by atoms with Crippen LogP contribution in [0.2, 0.25) is 0 Å². The molecule has 0 N–H and O–H groups in total. The van der Waals surface area contributed by atoms with Crippen molar-refractivity contribution in [1.29, 1.82) is 0 Å². The largest absolute Gasteiger partial charge is 0.493 e. The van der Waals surface area contributed by atoms with Gasteiger partial charge in [0.05, 0.1) is 13.2 Å². The van der Waals surface area contributed by atoms with Crippen LogP contribution in [-0.2, 0) is 0 Å². The Labute approximate surface area is 75.5 Å². The van der Waals surface area contributed by atoms with Crippen molar-refractivity contribution in [2.24, 2.45) is 0 Å². The van der Waals surface area contributed by atoms with Crippen molar-refractivity contribution in [2.45, 2.75) is 18.9 Å². The topological polar surface area (TPSA) is 31.4 Å². The summed E-state index contributed by atoms with van der Waals surface area (Å²) in [7, 11) is 1.48. The fraction of sp³-hybridized carbons (Fsp3) is 0.444. The Kier molecular flexibility index (Phi) is 2.04. The van der Waals surface area contributed by atoms with Crippen LogP contribution in [0.15, 0.2) is 12.3 Å². The molecule has 0 atom stereocenters. The molecule has 0 aromatic carbocycles. The molecule has 1 saturated carbocycles. The van der Waals surface area contributed by atoms with Crippen molar-refractivity contribution >= 4 is 0 Å². The minimum Gasteiger partial charge on any atom is -0.493 e. The van der Waals surface area contributed by atoms with Crippen molar-refractivity contribution in [1.82, 2.24) is 4.98 Å². The van der Waals surface area contributed by atoms with Gasteiger partial charge < -0.3 is 9.47 Å². The maximum atomic E-state index is 13.1. The fourth-order valence-corrected chi connectivity index (χ4v) is 1.03. The molecule has 1 aromatic rings. The average molecular weight is 183 g/mol. The van der Waals surface area contributed by atoms with Gasteiger partial charge in [-0.1, -0.05) is 0 Å². The number of pyridine rings is 1. The number of hydrogen-bond donors (Lipinski definition) is 0. The van der Waals surface area contributed by atoms with Gasteiger partial charge in [0.25, 0.3) is 5.95 Å². The molecule has 0 aliphatic heterocycles. The first kappa shape index (κ1) is 8.29. The quantitative estimate of drug-likeness (QED) is 0.669. The van der Waals surface area contributed by atoms with E-state index in [-0.39, 0.29) is 11.9 Å². The summed E-state index contributed by atoms with van der Waals surface area (Å²) in [5.74, 6) is -0.0712. The SMILES string of the molecule is COc1ccnc(F)c1OC1CC1. The third-order valence-electron chi connectivity index (χ3n) is 1.85. The van der Waals surface area contributed by atoms with E-state index in [2.05, 4.69) is 4.98 Å². The highest BCUT2D eigenvalue weighted by molar-refractivity contribution is 5.38. The average Bonchev–Trinajstić information content (AvgIpc) is 2.92. The van der Waals surface area contributed by atoms with Gasteiger partial charge >= 0.3 is 0 Å². The van der Waals surface area contributed by atoms with Crippen molar-refractivity contribution in [3.05, 3.63) is 18.2 Å². The Balaban J connectivity index is 2.27. The molecule has 0 spiro atoms. The molecule has 1 aromatic heterocycles. The Morgan fingerprint density at radius 1 is 1.54 bits per heavy atom. The van der Waals surface area contributed by atoms with Gasteiger partial charge in [0.2, 0.25) is 5.75 Å². The number of rotatable bonds is 3. The lowest BCUT2D eigenvalue weighted by molar-refractivity contribution is 0.263. The van der Waals surface area contributed by atoms with E-state index in [0.29, 0.717) is 5.75 Å². The minimum absolute atomic E-state index is 0.132. The Morgan fingerprint density at radius 2 is 2.31 bits per heavy atom. The van der Waals surface area contributed by atoms with E-state index in [0.717, 1.165) is 12.8 Å². The maximum absolute atomic E-state index is 13.1. The summed E-state index contributed by atoms with van der Waals surface area (Å²) < 4.78 is 23.4. The van der Waals surface area contributed by atoms with E-state index in [4.69, 9.17) is 9.47 Å². The van der Waals surface area contributed by atoms with E-state index in [1.807, 2.05) is 0 Å². The second kappa shape index (κ2) is 3.20. The van der Waals surface area contributed by atoms with Gasteiger partial charge in [-0.3, -0.25) is 0 Å². The lowest BCUT2D eigenvalue weighted by Gasteiger charge is -2.08. The lowest BCUT2D eigenvalue weighted by Crippen LogP contribution is -2.02. The van der Waals surface area contributed by atoms with E-state index in [9.17, 15) is 4.39 Å². The zero-order valence-electron chi connectivity index (χ0n) is 7.29. The number of nitrogens with zero attached hydrogens (tertiary/aromatic N) is 1. The van der Waals surface area contributed by atoms with Gasteiger partial charge in [-0.2, -0.15) is 4.39 Å². The van der Waals surface area contributed by atoms with Gasteiger partial charge in [-0.25, -0.2) is 4.98 Å². The normalized spacial score (nSPS) is 15.5. The van der Waals surface area contributed by atoms with Crippen LogP contribution in [0.4, 0.5) is 4.39 Å². The van der Waals surface area contributed by atoms with E-state index < -0.39 is 5.95 Å². The summed E-state index contributed by atoms with van der Waals surface area (Å²) in [6.45, 7) is 0. The first-order valence-electron chi connectivity index (χ1n) is 4.16. The first-order chi connectivity index (χ1) is 6.31. The monoisotopic (exact) mass is 183 g/mol. The highest BCUT2D eigenvalue weighted by Crippen LogP contribution is 2.34. The molecule has 70 valence electrons. The molecular weight excluding hydrogens is 173 g/mol. The number of aromatic nitrogens is 1. The summed E-state index contributed by atoms with van der Waals surface area (Å²) in [6.07, 6.45) is 3.47. The maximum Gasteiger partial charge on any atom is 0.259 e. The summed E-state index contributed by atoms with van der Waals surface area (Å²) in [5.41, 5.74) is 0. The zero-order chi connectivity index (χ0) is 9.26. The molecule has 3 nitrogen and oxygen atoms in total. The van der Waals surface area contributed by atoms with Crippen LogP contribution in [0.1, 0.15) is 12.8 Å². The molecule has 0 radical (unpaired) electrons. The molecule has 0 amide bonds. The summed E-state index contributed by atoms with van der Waals surface area (Å²) in [6, 6.07) is 1.58. The van der Waals surface area contributed by atoms with Crippen LogP contribution < -0.4 is 9.47 Å². The number of halogens is 1. The Bertz CT molecular complexity index is 312. The molecule has 2 rings (SSSR count). The summed E-state index contributed by atoms with van der Waals surface area (Å²) >= 11 is 0. The predicted molar refractivity (Wildman–Crippen MR) is 44.4 cm³/mol. The fourth-order valence-electron chi connectivity index (χ4n) is 1.03. The second-order valence-corrected chi connectivity index (χ2v) is 2.95. The van der Waals surface area contributed by atoms with Crippen molar-refractivity contribution in [2.75, 3.05) is 7.11 Å². The van der Waals surface area contributed by atoms with E-state index >= 15 is 0 Å². The van der Waals surface area contributed by atoms with E-state index in [1.165, 1.54) is 13.3 Å². The molecular formula is C9H10FNO2. The first-order valence-corrected chi connectivity index (χ1v) is 4.16. The summed E-state index contributed by atoms with van der Waals surface area (Å²) in [5, 5.41) is 0. The molecule has 1 aliphatic carbocycles. The zero-order valence-corrected chi connectivity index (χ0v) is 7.29. The van der Waals surface area contributed by atoms with Gasteiger partial charge in [-0.05, 0) is 12.8 Å². The van der Waals surface area contributed by atoms with E-state index in [1.54, 1.807) is 6.07 Å². The summed E-state index contributed by atoms with van der Waals surface area (Å²) in [4.78, 5) is 3.50. The molecule has 0 unspecified atom stereocenters. The third-order valence-corrected chi connectivity index (χ3v) is 1.85. The van der Waals surface area contributed by atoms with Crippen molar-refractivity contribution in [3.8, 4) is 11.5 Å². The molecule has 4 heteroatoms. The van der Waals surface area contributed by atoms with Gasteiger partial charge in [0.1, 0.15) is 0 Å². The van der Waals surface area contributed by atoms with Crippen LogP contribution in [0, 0.1) is 5.95 Å². The Hall–Kier alpha value is -1.32. The number of hydrogen-bond acceptors (Lipinski definition) is 3. The second-order valence-electron chi connectivity index (χ2n) is 2.95. The lowest BCUT2D eigenvalue weighted by atomic mass is 10.4. The van der Waals surface area contributed by atoms with Crippen molar-refractivity contribution < 1.29 is 13.9 Å².